The van der Waals surface area contributed by atoms with Crippen molar-refractivity contribution in [3.8, 4) is 0 Å². The Labute approximate surface area is 134 Å². The van der Waals surface area contributed by atoms with Gasteiger partial charge in [-0.1, -0.05) is 30.3 Å². The molecule has 23 heavy (non-hydrogen) atoms. The van der Waals surface area contributed by atoms with E-state index in [4.69, 9.17) is 0 Å². The lowest BCUT2D eigenvalue weighted by Gasteiger charge is -2.27. The Balaban J connectivity index is 1.59. The molecule has 0 atom stereocenters. The maximum atomic E-state index is 12.0. The van der Waals surface area contributed by atoms with Crippen LogP contribution in [0.5, 0.6) is 0 Å². The molecule has 1 aromatic heterocycles. The molecule has 2 N–H and O–H groups in total. The van der Waals surface area contributed by atoms with Gasteiger partial charge < -0.3 is 15.5 Å². The van der Waals surface area contributed by atoms with Crippen molar-refractivity contribution in [2.24, 2.45) is 0 Å². The van der Waals surface area contributed by atoms with Crippen LogP contribution in [0.4, 0.5) is 11.5 Å². The molecule has 6 nitrogen and oxygen atoms in total. The largest absolute Gasteiger partial charge is 0.353 e. The molecule has 2 heterocycles. The number of rotatable bonds is 4. The maximum absolute atomic E-state index is 12.0. The summed E-state index contributed by atoms with van der Waals surface area (Å²) in [5, 5.41) is 5.61. The van der Waals surface area contributed by atoms with Gasteiger partial charge in [-0.2, -0.15) is 0 Å². The first-order valence-electron chi connectivity index (χ1n) is 7.52. The molecule has 1 saturated heterocycles. The van der Waals surface area contributed by atoms with E-state index in [1.165, 1.54) is 0 Å². The van der Waals surface area contributed by atoms with Crippen LogP contribution in [0.1, 0.15) is 5.56 Å². The van der Waals surface area contributed by atoms with Crippen LogP contribution < -0.4 is 15.5 Å². The van der Waals surface area contributed by atoms with Crippen molar-refractivity contribution >= 4 is 23.3 Å². The van der Waals surface area contributed by atoms with Crippen LogP contribution in [0.3, 0.4) is 0 Å². The van der Waals surface area contributed by atoms with E-state index in [-0.39, 0.29) is 11.8 Å². The van der Waals surface area contributed by atoms with Gasteiger partial charge in [0.15, 0.2) is 0 Å². The predicted molar refractivity (Wildman–Crippen MR) is 88.2 cm³/mol. The van der Waals surface area contributed by atoms with Crippen LogP contribution in [0.2, 0.25) is 0 Å². The van der Waals surface area contributed by atoms with Crippen molar-refractivity contribution in [2.45, 2.75) is 6.42 Å². The van der Waals surface area contributed by atoms with E-state index in [9.17, 15) is 9.59 Å². The van der Waals surface area contributed by atoms with Gasteiger partial charge >= 0.3 is 0 Å². The van der Waals surface area contributed by atoms with Crippen molar-refractivity contribution in [1.82, 2.24) is 10.3 Å². The van der Waals surface area contributed by atoms with Gasteiger partial charge in [-0.3, -0.25) is 9.59 Å². The Morgan fingerprint density at radius 1 is 1.22 bits per heavy atom. The molecule has 3 rings (SSSR count). The Hall–Kier alpha value is -2.89. The zero-order valence-corrected chi connectivity index (χ0v) is 12.7. The minimum atomic E-state index is -0.0805. The Bertz CT molecular complexity index is 685. The number of anilines is 2. The van der Waals surface area contributed by atoms with Gasteiger partial charge in [-0.25, -0.2) is 4.98 Å². The average Bonchev–Trinajstić information content (AvgIpc) is 2.56. The number of aromatic nitrogens is 1. The van der Waals surface area contributed by atoms with E-state index in [1.807, 2.05) is 41.3 Å². The van der Waals surface area contributed by atoms with Gasteiger partial charge in [0.2, 0.25) is 11.8 Å². The van der Waals surface area contributed by atoms with Crippen molar-refractivity contribution in [3.05, 3.63) is 54.2 Å². The molecule has 0 radical (unpaired) electrons. The first-order valence-corrected chi connectivity index (χ1v) is 7.52. The third-order valence-corrected chi connectivity index (χ3v) is 3.60. The number of nitrogens with one attached hydrogen (secondary N) is 2. The fraction of sp³-hybridized carbons (Fsp3) is 0.235. The summed E-state index contributed by atoms with van der Waals surface area (Å²) in [6.45, 7) is 1.67. The van der Waals surface area contributed by atoms with E-state index in [0.717, 1.165) is 17.9 Å². The molecule has 1 fully saturated rings. The SMILES string of the molecule is O=C1CN(c2ccc(NC(=O)Cc3ccccc3)cn2)CCN1. The lowest BCUT2D eigenvalue weighted by atomic mass is 10.1. The molecule has 6 heteroatoms. The molecule has 1 aliphatic heterocycles. The Morgan fingerprint density at radius 3 is 2.74 bits per heavy atom. The average molecular weight is 310 g/mol. The normalized spacial score (nSPS) is 14.3. The molecular weight excluding hydrogens is 292 g/mol. The summed E-state index contributed by atoms with van der Waals surface area (Å²) in [7, 11) is 0. The minimum Gasteiger partial charge on any atom is -0.353 e. The molecule has 0 aliphatic carbocycles. The van der Waals surface area contributed by atoms with Gasteiger partial charge in [-0.05, 0) is 17.7 Å². The van der Waals surface area contributed by atoms with Crippen LogP contribution in [-0.2, 0) is 16.0 Å². The van der Waals surface area contributed by atoms with Crippen molar-refractivity contribution < 1.29 is 9.59 Å². The molecule has 1 aliphatic rings. The smallest absolute Gasteiger partial charge is 0.239 e. The fourth-order valence-corrected chi connectivity index (χ4v) is 2.47. The van der Waals surface area contributed by atoms with Crippen molar-refractivity contribution in [1.29, 1.82) is 0 Å². The number of carbonyl (C=O) groups is 2. The third-order valence-electron chi connectivity index (χ3n) is 3.60. The second-order valence-electron chi connectivity index (χ2n) is 5.39. The van der Waals surface area contributed by atoms with Crippen LogP contribution in [-0.4, -0.2) is 36.4 Å². The second kappa shape index (κ2) is 6.91. The third kappa shape index (κ3) is 4.06. The molecule has 1 aromatic carbocycles. The molecule has 0 unspecified atom stereocenters. The molecule has 0 saturated carbocycles. The lowest BCUT2D eigenvalue weighted by molar-refractivity contribution is -0.120. The Morgan fingerprint density at radius 2 is 2.04 bits per heavy atom. The number of benzene rings is 1. The number of carbonyl (C=O) groups excluding carboxylic acids is 2. The number of piperazine rings is 1. The molecule has 2 aromatic rings. The van der Waals surface area contributed by atoms with Crippen molar-refractivity contribution in [2.75, 3.05) is 29.9 Å². The zero-order chi connectivity index (χ0) is 16.1. The maximum Gasteiger partial charge on any atom is 0.239 e. The van der Waals surface area contributed by atoms with Crippen LogP contribution in [0, 0.1) is 0 Å². The number of hydrogen-bond acceptors (Lipinski definition) is 4. The molecule has 0 spiro atoms. The summed E-state index contributed by atoms with van der Waals surface area (Å²) in [4.78, 5) is 29.6. The standard InChI is InChI=1S/C17H18N4O2/c22-16(10-13-4-2-1-3-5-13)20-14-6-7-15(19-11-14)21-9-8-18-17(23)12-21/h1-7,11H,8-10,12H2,(H,18,23)(H,20,22). The van der Waals surface area contributed by atoms with Gasteiger partial charge in [0.25, 0.3) is 0 Å². The van der Waals surface area contributed by atoms with Gasteiger partial charge in [0.05, 0.1) is 24.8 Å². The summed E-state index contributed by atoms with van der Waals surface area (Å²) >= 11 is 0. The van der Waals surface area contributed by atoms with Crippen molar-refractivity contribution in [3.63, 3.8) is 0 Å². The van der Waals surface area contributed by atoms with E-state index in [2.05, 4.69) is 15.6 Å². The second-order valence-corrected chi connectivity index (χ2v) is 5.39. The number of hydrogen-bond donors (Lipinski definition) is 2. The van der Waals surface area contributed by atoms with E-state index < -0.39 is 0 Å². The van der Waals surface area contributed by atoms with Crippen LogP contribution in [0.15, 0.2) is 48.7 Å². The number of pyridine rings is 1. The van der Waals surface area contributed by atoms with Gasteiger partial charge in [0, 0.05) is 13.1 Å². The highest BCUT2D eigenvalue weighted by atomic mass is 16.2. The van der Waals surface area contributed by atoms with Gasteiger partial charge in [-0.15, -0.1) is 0 Å². The summed E-state index contributed by atoms with van der Waals surface area (Å²) in [5.41, 5.74) is 1.62. The predicted octanol–water partition coefficient (Wildman–Crippen LogP) is 1.20. The van der Waals surface area contributed by atoms with E-state index >= 15 is 0 Å². The number of nitrogens with zero attached hydrogens (tertiary/aromatic N) is 2. The van der Waals surface area contributed by atoms with E-state index in [0.29, 0.717) is 25.2 Å². The highest BCUT2D eigenvalue weighted by Gasteiger charge is 2.17. The monoisotopic (exact) mass is 310 g/mol. The van der Waals surface area contributed by atoms with Crippen LogP contribution in [0.25, 0.3) is 0 Å². The first kappa shape index (κ1) is 15.0. The minimum absolute atomic E-state index is 0.00158. The number of amides is 2. The summed E-state index contributed by atoms with van der Waals surface area (Å²) in [5.74, 6) is 0.655. The Kier molecular flexibility index (Phi) is 4.52. The molecular formula is C17H18N4O2. The quantitative estimate of drug-likeness (QED) is 0.890. The summed E-state index contributed by atoms with van der Waals surface area (Å²) in [6.07, 6.45) is 1.94. The summed E-state index contributed by atoms with van der Waals surface area (Å²) < 4.78 is 0. The highest BCUT2D eigenvalue weighted by Crippen LogP contribution is 2.15. The lowest BCUT2D eigenvalue weighted by Crippen LogP contribution is -2.48. The fourth-order valence-electron chi connectivity index (χ4n) is 2.47. The van der Waals surface area contributed by atoms with Gasteiger partial charge in [0.1, 0.15) is 5.82 Å². The highest BCUT2D eigenvalue weighted by molar-refractivity contribution is 5.92. The molecule has 0 bridgehead atoms. The van der Waals surface area contributed by atoms with E-state index in [1.54, 1.807) is 12.3 Å². The van der Waals surface area contributed by atoms with Crippen LogP contribution >= 0.6 is 0 Å². The molecule has 2 amide bonds. The zero-order valence-electron chi connectivity index (χ0n) is 12.7. The molecule has 118 valence electrons. The summed E-state index contributed by atoms with van der Waals surface area (Å²) in [6, 6.07) is 13.2. The first-order chi connectivity index (χ1) is 11.2. The topological polar surface area (TPSA) is 74.3 Å².